The van der Waals surface area contributed by atoms with E-state index in [0.717, 1.165) is 11.3 Å². The van der Waals surface area contributed by atoms with E-state index in [9.17, 15) is 0 Å². The van der Waals surface area contributed by atoms with Crippen LogP contribution in [0.2, 0.25) is 0 Å². The number of anilines is 1. The first kappa shape index (κ1) is 13.9. The van der Waals surface area contributed by atoms with Crippen LogP contribution in [0, 0.1) is 0 Å². The maximum atomic E-state index is 6.09. The number of hydrogen-bond acceptors (Lipinski definition) is 4. The van der Waals surface area contributed by atoms with E-state index in [1.807, 2.05) is 66.5 Å². The first-order valence-electron chi connectivity index (χ1n) is 6.94. The molecule has 0 saturated heterocycles. The quantitative estimate of drug-likeness (QED) is 0.593. The van der Waals surface area contributed by atoms with Gasteiger partial charge in [-0.2, -0.15) is 10.2 Å². The molecule has 2 aromatic heterocycles. The Hall–Kier alpha value is -3.02. The van der Waals surface area contributed by atoms with Crippen LogP contribution in [-0.2, 0) is 13.6 Å². The predicted octanol–water partition coefficient (Wildman–Crippen LogP) is 2.75. The normalized spacial score (nSPS) is 11.1. The second-order valence-corrected chi connectivity index (χ2v) is 4.98. The van der Waals surface area contributed by atoms with Crippen LogP contribution in [0.15, 0.2) is 71.3 Å². The number of aryl methyl sites for hydroxylation is 1. The summed E-state index contributed by atoms with van der Waals surface area (Å²) >= 11 is 0. The summed E-state index contributed by atoms with van der Waals surface area (Å²) in [7, 11) is 1.98. The molecule has 2 heterocycles. The summed E-state index contributed by atoms with van der Waals surface area (Å²) in [4.78, 5) is 0. The minimum Gasteiger partial charge on any atom is -0.382 e. The third-order valence-corrected chi connectivity index (χ3v) is 3.27. The van der Waals surface area contributed by atoms with Gasteiger partial charge in [0.15, 0.2) is 12.4 Å². The number of nitrogen functional groups attached to an aromatic ring is 1. The van der Waals surface area contributed by atoms with Crippen LogP contribution >= 0.6 is 0 Å². The zero-order valence-electron chi connectivity index (χ0n) is 12.3. The number of rotatable bonds is 4. The Morgan fingerprint density at radius 3 is 2.55 bits per heavy atom. The van der Waals surface area contributed by atoms with Gasteiger partial charge in [-0.3, -0.25) is 0 Å². The van der Waals surface area contributed by atoms with Gasteiger partial charge in [0.25, 0.3) is 0 Å². The lowest BCUT2D eigenvalue weighted by Crippen LogP contribution is -2.26. The van der Waals surface area contributed by atoms with Crippen LogP contribution in [-0.4, -0.2) is 9.78 Å². The highest BCUT2D eigenvalue weighted by atomic mass is 15.3. The second-order valence-electron chi connectivity index (χ2n) is 4.98. The molecule has 0 saturated carbocycles. The summed E-state index contributed by atoms with van der Waals surface area (Å²) in [6.07, 6.45) is 5.61. The van der Waals surface area contributed by atoms with Crippen molar-refractivity contribution in [2.75, 3.05) is 5.73 Å². The molecule has 1 aromatic carbocycles. The molecule has 0 radical (unpaired) electrons. The van der Waals surface area contributed by atoms with Gasteiger partial charge in [-0.05, 0) is 17.7 Å². The molecule has 0 aliphatic carbocycles. The van der Waals surface area contributed by atoms with E-state index in [1.165, 1.54) is 0 Å². The van der Waals surface area contributed by atoms with Crippen molar-refractivity contribution in [1.29, 1.82) is 0 Å². The summed E-state index contributed by atoms with van der Waals surface area (Å²) < 4.78 is 3.70. The number of benzene rings is 1. The lowest BCUT2D eigenvalue weighted by Gasteiger charge is -2.03. The van der Waals surface area contributed by atoms with E-state index >= 15 is 0 Å². The number of nitrogens with zero attached hydrogens (tertiary/aromatic N) is 5. The molecule has 6 nitrogen and oxygen atoms in total. The van der Waals surface area contributed by atoms with Crippen molar-refractivity contribution in [3.63, 3.8) is 0 Å². The van der Waals surface area contributed by atoms with Gasteiger partial charge < -0.3 is 5.73 Å². The van der Waals surface area contributed by atoms with Crippen molar-refractivity contribution in [3.8, 4) is 0 Å². The largest absolute Gasteiger partial charge is 0.382 e. The van der Waals surface area contributed by atoms with Gasteiger partial charge in [0, 0.05) is 12.1 Å². The van der Waals surface area contributed by atoms with Crippen LogP contribution < -0.4 is 10.3 Å². The predicted molar refractivity (Wildman–Crippen MR) is 84.0 cm³/mol. The number of hydrogen-bond donors (Lipinski definition) is 1. The zero-order chi connectivity index (χ0) is 15.4. The highest BCUT2D eigenvalue weighted by molar-refractivity contribution is 5.56. The minimum atomic E-state index is 0.507. The van der Waals surface area contributed by atoms with E-state index in [0.29, 0.717) is 18.1 Å². The van der Waals surface area contributed by atoms with Gasteiger partial charge in [-0.15, -0.1) is 5.11 Å². The van der Waals surface area contributed by atoms with E-state index in [1.54, 1.807) is 10.9 Å². The van der Waals surface area contributed by atoms with Crippen molar-refractivity contribution in [2.24, 2.45) is 17.3 Å². The van der Waals surface area contributed by atoms with Crippen molar-refractivity contribution >= 4 is 17.2 Å². The molecule has 3 rings (SSSR count). The van der Waals surface area contributed by atoms with Crippen LogP contribution in [0.25, 0.3) is 0 Å². The number of nitrogens with two attached hydrogens (primary N) is 1. The van der Waals surface area contributed by atoms with Crippen molar-refractivity contribution < 1.29 is 4.57 Å². The van der Waals surface area contributed by atoms with Gasteiger partial charge in [0.1, 0.15) is 18.6 Å². The van der Waals surface area contributed by atoms with Gasteiger partial charge in [0.2, 0.25) is 0 Å². The first-order chi connectivity index (χ1) is 10.7. The number of azo groups is 1. The Morgan fingerprint density at radius 2 is 1.82 bits per heavy atom. The molecule has 22 heavy (non-hydrogen) atoms. The Kier molecular flexibility index (Phi) is 3.91. The minimum absolute atomic E-state index is 0.507. The molecule has 0 fully saturated rings. The van der Waals surface area contributed by atoms with E-state index < -0.39 is 0 Å². The molecule has 0 aliphatic heterocycles. The van der Waals surface area contributed by atoms with Crippen LogP contribution in [0.4, 0.5) is 17.2 Å². The maximum Gasteiger partial charge on any atom is 0.168 e. The van der Waals surface area contributed by atoms with Crippen molar-refractivity contribution in [1.82, 2.24) is 9.78 Å². The monoisotopic (exact) mass is 293 g/mol. The van der Waals surface area contributed by atoms with Crippen LogP contribution in [0.5, 0.6) is 0 Å². The third-order valence-electron chi connectivity index (χ3n) is 3.27. The van der Waals surface area contributed by atoms with Gasteiger partial charge in [-0.1, -0.05) is 18.2 Å². The van der Waals surface area contributed by atoms with E-state index in [2.05, 4.69) is 15.3 Å². The van der Waals surface area contributed by atoms with E-state index in [-0.39, 0.29) is 0 Å². The fraction of sp³-hybridized carbons (Fsp3) is 0.125. The fourth-order valence-corrected chi connectivity index (χ4v) is 2.00. The van der Waals surface area contributed by atoms with Crippen LogP contribution in [0.1, 0.15) is 5.56 Å². The summed E-state index contributed by atoms with van der Waals surface area (Å²) in [5.41, 5.74) is 8.57. The Bertz CT molecular complexity index is 774. The average Bonchev–Trinajstić information content (AvgIpc) is 2.89. The number of pyridine rings is 1. The van der Waals surface area contributed by atoms with Gasteiger partial charge >= 0.3 is 0 Å². The molecule has 0 aliphatic rings. The summed E-state index contributed by atoms with van der Waals surface area (Å²) in [6, 6.07) is 13.6. The molecule has 3 aromatic rings. The van der Waals surface area contributed by atoms with Crippen LogP contribution in [0.3, 0.4) is 0 Å². The maximum absolute atomic E-state index is 6.09. The Labute approximate surface area is 128 Å². The summed E-state index contributed by atoms with van der Waals surface area (Å²) in [5.74, 6) is 0.507. The van der Waals surface area contributed by atoms with Gasteiger partial charge in [-0.25, -0.2) is 9.25 Å². The Balaban J connectivity index is 1.77. The Morgan fingerprint density at radius 1 is 1.09 bits per heavy atom. The molecule has 6 heteroatoms. The molecular formula is C16H17N6+. The second kappa shape index (κ2) is 6.17. The van der Waals surface area contributed by atoms with Crippen molar-refractivity contribution in [3.05, 3.63) is 66.6 Å². The number of aromatic nitrogens is 3. The fourth-order valence-electron chi connectivity index (χ4n) is 2.00. The van der Waals surface area contributed by atoms with E-state index in [4.69, 9.17) is 5.73 Å². The molecule has 0 bridgehead atoms. The van der Waals surface area contributed by atoms with Crippen molar-refractivity contribution in [2.45, 2.75) is 6.54 Å². The lowest BCUT2D eigenvalue weighted by molar-refractivity contribution is -0.671. The highest BCUT2D eigenvalue weighted by Crippen LogP contribution is 2.24. The molecule has 2 N–H and O–H groups in total. The third kappa shape index (κ3) is 3.17. The SMILES string of the molecule is C[n+]1ccc(Cn2ncc(N=Nc3ccccc3)c2N)cc1. The molecule has 0 unspecified atom stereocenters. The molecule has 0 amide bonds. The zero-order valence-corrected chi connectivity index (χ0v) is 12.3. The molecule has 0 atom stereocenters. The first-order valence-corrected chi connectivity index (χ1v) is 6.94. The van der Waals surface area contributed by atoms with Gasteiger partial charge in [0.05, 0.1) is 18.4 Å². The molecular weight excluding hydrogens is 276 g/mol. The molecule has 0 spiro atoms. The molecule has 110 valence electrons. The standard InChI is InChI=1S/C16H17N6/c1-21-9-7-13(8-10-21)12-22-16(17)15(11-18-22)20-19-14-5-3-2-4-6-14/h2-11H,12,17H2,1H3/q+1. The summed E-state index contributed by atoms with van der Waals surface area (Å²) in [6.45, 7) is 0.605. The summed E-state index contributed by atoms with van der Waals surface area (Å²) in [5, 5.41) is 12.6. The highest BCUT2D eigenvalue weighted by Gasteiger charge is 2.08. The topological polar surface area (TPSA) is 72.4 Å². The average molecular weight is 293 g/mol. The smallest absolute Gasteiger partial charge is 0.168 e. The lowest BCUT2D eigenvalue weighted by atomic mass is 10.3.